The van der Waals surface area contributed by atoms with Crippen molar-refractivity contribution in [3.63, 3.8) is 0 Å². The lowest BCUT2D eigenvalue weighted by atomic mass is 9.85. The number of hydrogen-bond acceptors (Lipinski definition) is 6. The quantitative estimate of drug-likeness (QED) is 0.144. The van der Waals surface area contributed by atoms with Crippen LogP contribution in [0.3, 0.4) is 0 Å². The molecule has 430 valence electrons. The number of anilines is 4. The monoisotopic (exact) mass is 1140 g/mol. The molecule has 8 atom stereocenters. The number of fused-ring (bicyclic) bond motifs is 8. The summed E-state index contributed by atoms with van der Waals surface area (Å²) < 4.78 is 0. The Morgan fingerprint density at radius 1 is 0.360 bits per heavy atom. The van der Waals surface area contributed by atoms with Gasteiger partial charge in [-0.1, -0.05) is 182 Å². The highest BCUT2D eigenvalue weighted by atomic mass is 16.4. The molecule has 14 nitrogen and oxygen atoms in total. The molecule has 6 amide bonds. The molecule has 8 aromatic carbocycles. The number of piperazine rings is 2. The van der Waals surface area contributed by atoms with Crippen molar-refractivity contribution >= 4 is 58.6 Å². The molecule has 0 aliphatic carbocycles. The molecule has 6 aliphatic rings. The largest absolute Gasteiger partial charge is 0.480 e. The molecular weight excluding hydrogens is 1080 g/mol. The fourth-order valence-electron chi connectivity index (χ4n) is 15.1. The van der Waals surface area contributed by atoms with Crippen LogP contribution < -0.4 is 9.80 Å². The number of urea groups is 2. The number of benzene rings is 8. The van der Waals surface area contributed by atoms with E-state index >= 15 is 19.2 Å². The second-order valence-electron chi connectivity index (χ2n) is 23.6. The van der Waals surface area contributed by atoms with Gasteiger partial charge in [-0.2, -0.15) is 0 Å². The van der Waals surface area contributed by atoms with E-state index in [0.717, 1.165) is 87.4 Å². The van der Waals surface area contributed by atoms with Gasteiger partial charge in [-0.05, 0) is 131 Å². The minimum absolute atomic E-state index is 0.0386. The van der Waals surface area contributed by atoms with Crippen molar-refractivity contribution in [3.05, 3.63) is 251 Å². The van der Waals surface area contributed by atoms with Gasteiger partial charge >= 0.3 is 24.0 Å². The van der Waals surface area contributed by atoms with Crippen LogP contribution in [0.25, 0.3) is 11.1 Å². The van der Waals surface area contributed by atoms with E-state index in [-0.39, 0.29) is 30.9 Å². The van der Waals surface area contributed by atoms with Crippen molar-refractivity contribution in [3.8, 4) is 11.1 Å². The second kappa shape index (κ2) is 22.3. The van der Waals surface area contributed by atoms with Crippen LogP contribution in [0.1, 0.15) is 82.0 Å². The van der Waals surface area contributed by atoms with E-state index in [1.165, 1.54) is 9.80 Å². The lowest BCUT2D eigenvalue weighted by Crippen LogP contribution is -2.66. The molecule has 2 unspecified atom stereocenters. The molecule has 6 heterocycles. The Kier molecular flexibility index (Phi) is 14.0. The van der Waals surface area contributed by atoms with Crippen LogP contribution in [-0.4, -0.2) is 115 Å². The van der Waals surface area contributed by atoms with E-state index in [4.69, 9.17) is 0 Å². The van der Waals surface area contributed by atoms with Crippen LogP contribution >= 0.6 is 0 Å². The Hall–Kier alpha value is -9.82. The highest BCUT2D eigenvalue weighted by Crippen LogP contribution is 2.46. The number of rotatable bonds is 9. The molecule has 0 radical (unpaired) electrons. The third kappa shape index (κ3) is 9.34. The van der Waals surface area contributed by atoms with Gasteiger partial charge in [0.1, 0.15) is 6.04 Å². The minimum Gasteiger partial charge on any atom is -0.480 e. The first-order valence-corrected chi connectivity index (χ1v) is 30.0. The Morgan fingerprint density at radius 2 is 0.721 bits per heavy atom. The molecule has 4 saturated heterocycles. The number of hydrogen-bond donors (Lipinski definition) is 2. The third-order valence-corrected chi connectivity index (χ3v) is 19.0. The number of nitrogens with zero attached hydrogens (tertiary/aromatic N) is 6. The van der Waals surface area contributed by atoms with Gasteiger partial charge in [0, 0.05) is 19.1 Å². The molecule has 14 heteroatoms. The van der Waals surface area contributed by atoms with Crippen LogP contribution in [0.15, 0.2) is 206 Å². The van der Waals surface area contributed by atoms with Crippen molar-refractivity contribution in [2.24, 2.45) is 0 Å². The van der Waals surface area contributed by atoms with Gasteiger partial charge in [-0.3, -0.25) is 19.4 Å². The highest BCUT2D eigenvalue weighted by molar-refractivity contribution is 6.04. The van der Waals surface area contributed by atoms with E-state index in [2.05, 4.69) is 0 Å². The average Bonchev–Trinajstić information content (AvgIpc) is 1.94. The van der Waals surface area contributed by atoms with Gasteiger partial charge in [-0.25, -0.2) is 19.2 Å². The highest BCUT2D eigenvalue weighted by Gasteiger charge is 2.57. The summed E-state index contributed by atoms with van der Waals surface area (Å²) in [6, 6.07) is 59.8. The van der Waals surface area contributed by atoms with E-state index < -0.39 is 66.1 Å². The van der Waals surface area contributed by atoms with Crippen molar-refractivity contribution in [2.45, 2.75) is 99.5 Å². The first-order chi connectivity index (χ1) is 42.0. The number of carboxylic acids is 2. The summed E-state index contributed by atoms with van der Waals surface area (Å²) in [7, 11) is 0. The Labute approximate surface area is 499 Å². The van der Waals surface area contributed by atoms with Gasteiger partial charge in [0.15, 0.2) is 6.04 Å². The summed E-state index contributed by atoms with van der Waals surface area (Å²) in [6.07, 6.45) is 4.83. The summed E-state index contributed by atoms with van der Waals surface area (Å²) >= 11 is 0. The van der Waals surface area contributed by atoms with Gasteiger partial charge < -0.3 is 29.8 Å². The fraction of sp³-hybridized carbons (Fsp3) is 0.250. The maximum absolute atomic E-state index is 15.7. The summed E-state index contributed by atoms with van der Waals surface area (Å²) in [5.74, 6) is -4.75. The lowest BCUT2D eigenvalue weighted by Gasteiger charge is -2.47. The van der Waals surface area contributed by atoms with Crippen molar-refractivity contribution in [1.82, 2.24) is 19.6 Å². The van der Waals surface area contributed by atoms with Gasteiger partial charge in [0.25, 0.3) is 0 Å². The van der Waals surface area contributed by atoms with E-state index in [1.807, 2.05) is 206 Å². The zero-order valence-electron chi connectivity index (χ0n) is 47.3. The second-order valence-corrected chi connectivity index (χ2v) is 23.6. The van der Waals surface area contributed by atoms with Crippen LogP contribution in [0.5, 0.6) is 0 Å². The van der Waals surface area contributed by atoms with Crippen molar-refractivity contribution in [2.75, 3.05) is 22.9 Å². The zero-order valence-corrected chi connectivity index (χ0v) is 47.3. The Balaban J connectivity index is 0.770. The fourth-order valence-corrected chi connectivity index (χ4v) is 15.1. The maximum Gasteiger partial charge on any atom is 0.330 e. The molecule has 8 aromatic rings. The number of carbonyl (C=O) groups is 6. The van der Waals surface area contributed by atoms with Gasteiger partial charge in [0.2, 0.25) is 11.8 Å². The number of amides is 6. The summed E-state index contributed by atoms with van der Waals surface area (Å²) in [5, 5.41) is 22.4. The number of aryl methyl sites for hydroxylation is 4. The van der Waals surface area contributed by atoms with Crippen molar-refractivity contribution < 1.29 is 39.0 Å². The Morgan fingerprint density at radius 3 is 1.17 bits per heavy atom. The molecule has 6 aliphatic heterocycles. The molecule has 2 N–H and O–H groups in total. The SMILES string of the molecule is O=C(O)[C@@H]1[C@H]2CC[C@@H](CN1C(=O)N1c3ccccc3CCc3ccccc31)N2C(=O)C(c1ccccc1)c1cccc(-c2cccc(C(C(=O)N3C[C@@H]4CC[C@H]([C@H]3C(=O)O)N4C(=O)N3c4ccccc4CCc4ccccc43)c3ccccc3)c2)c1. The molecule has 0 spiro atoms. The number of aliphatic carboxylic acids is 2. The summed E-state index contributed by atoms with van der Waals surface area (Å²) in [6.45, 7) is 0.0798. The smallest absolute Gasteiger partial charge is 0.330 e. The van der Waals surface area contributed by atoms with E-state index in [1.54, 1.807) is 19.6 Å². The molecule has 14 rings (SSSR count). The first kappa shape index (κ1) is 54.1. The molecule has 4 bridgehead atoms. The summed E-state index contributed by atoms with van der Waals surface area (Å²) in [4.78, 5) is 99.3. The molecule has 4 fully saturated rings. The molecule has 0 aromatic heterocycles. The minimum atomic E-state index is -1.32. The lowest BCUT2D eigenvalue weighted by molar-refractivity contribution is -0.156. The number of likely N-dealkylation sites (tertiary alicyclic amines) is 2. The Bertz CT molecular complexity index is 3890. The zero-order chi connectivity index (χ0) is 58.7. The van der Waals surface area contributed by atoms with Crippen LogP contribution in [-0.2, 0) is 44.9 Å². The molecular formula is C72H64N6O8. The van der Waals surface area contributed by atoms with E-state index in [0.29, 0.717) is 42.4 Å². The van der Waals surface area contributed by atoms with Gasteiger partial charge in [0.05, 0.1) is 52.7 Å². The van der Waals surface area contributed by atoms with Gasteiger partial charge in [-0.15, -0.1) is 0 Å². The normalized spacial score (nSPS) is 21.6. The first-order valence-electron chi connectivity index (χ1n) is 30.0. The summed E-state index contributed by atoms with van der Waals surface area (Å²) in [5.41, 5.74) is 11.3. The number of para-hydroxylation sites is 4. The topological polar surface area (TPSA) is 162 Å². The average molecular weight is 1140 g/mol. The predicted molar refractivity (Wildman–Crippen MR) is 328 cm³/mol. The predicted octanol–water partition coefficient (Wildman–Crippen LogP) is 12.0. The standard InChI is InChI=1S/C72H64N6O8/c79-67(73-43-56-38-40-62(65(73)69(81)82)76(56)72(86)78-59-31-13-9-19-47(59)35-36-48-20-10-14-32-60(48)78)63(49-21-3-1-4-22-49)53-27-15-25-51(41-53)52-26-16-28-54(42-52)64(50-23-5-2-6-24-50)68(80)75-55-37-39-61(75)66(70(83)84)74(44-55)71(85)77-57-29-11-7-17-45(57)33-34-46-18-8-12-30-58(46)77/h1-32,41-42,55-56,61-66H,33-40,43-44H2,(H,81,82)(H,83,84)/t55-,56-,61+,62+,63?,64?,65-,66-/m0/s1. The van der Waals surface area contributed by atoms with Crippen LogP contribution in [0.2, 0.25) is 0 Å². The van der Waals surface area contributed by atoms with Crippen LogP contribution in [0, 0.1) is 0 Å². The number of carbonyl (C=O) groups excluding carboxylic acids is 4. The number of carboxylic acid groups (broad SMARTS) is 2. The maximum atomic E-state index is 15.7. The van der Waals surface area contributed by atoms with Crippen molar-refractivity contribution in [1.29, 1.82) is 0 Å². The molecule has 0 saturated carbocycles. The molecule has 86 heavy (non-hydrogen) atoms. The van der Waals surface area contributed by atoms with E-state index in [9.17, 15) is 19.8 Å². The third-order valence-electron chi connectivity index (χ3n) is 19.0. The van der Waals surface area contributed by atoms with Crippen LogP contribution in [0.4, 0.5) is 32.3 Å².